The van der Waals surface area contributed by atoms with Gasteiger partial charge in [0.2, 0.25) is 0 Å². The van der Waals surface area contributed by atoms with E-state index in [9.17, 15) is 0 Å². The van der Waals surface area contributed by atoms with E-state index in [2.05, 4.69) is 32.2 Å². The van der Waals surface area contributed by atoms with Crippen LogP contribution in [0.25, 0.3) is 11.2 Å². The molecule has 0 bridgehead atoms. The minimum absolute atomic E-state index is 0.0325. The van der Waals surface area contributed by atoms with E-state index in [-0.39, 0.29) is 11.9 Å². The van der Waals surface area contributed by atoms with Gasteiger partial charge in [0.1, 0.15) is 17.9 Å². The Hall–Kier alpha value is -1.86. The molecule has 0 amide bonds. The van der Waals surface area contributed by atoms with Crippen molar-refractivity contribution in [3.05, 3.63) is 18.7 Å². The molecule has 2 aromatic rings. The molecule has 0 aromatic carbocycles. The van der Waals surface area contributed by atoms with Crippen LogP contribution >= 0.6 is 0 Å². The number of hydrogen-bond donors (Lipinski definition) is 1. The van der Waals surface area contributed by atoms with Gasteiger partial charge in [-0.1, -0.05) is 6.92 Å². The fourth-order valence-corrected chi connectivity index (χ4v) is 3.32. The second-order valence-electron chi connectivity index (χ2n) is 6.48. The second-order valence-corrected chi connectivity index (χ2v) is 6.48. The second kappa shape index (κ2) is 5.98. The summed E-state index contributed by atoms with van der Waals surface area (Å²) in [7, 11) is 0. The fourth-order valence-electron chi connectivity index (χ4n) is 3.32. The highest BCUT2D eigenvalue weighted by atomic mass is 16.7. The van der Waals surface area contributed by atoms with Crippen LogP contribution in [-0.2, 0) is 9.47 Å². The van der Waals surface area contributed by atoms with Crippen LogP contribution in [0.15, 0.2) is 18.7 Å². The lowest BCUT2D eigenvalue weighted by Crippen LogP contribution is -2.36. The molecule has 1 N–H and O–H groups in total. The molecule has 23 heavy (non-hydrogen) atoms. The van der Waals surface area contributed by atoms with Gasteiger partial charge >= 0.3 is 0 Å². The molecule has 1 spiro atoms. The Balaban J connectivity index is 1.40. The molecule has 3 heterocycles. The third-order valence-corrected chi connectivity index (χ3v) is 4.72. The van der Waals surface area contributed by atoms with E-state index in [0.717, 1.165) is 18.8 Å². The number of rotatable bonds is 3. The van der Waals surface area contributed by atoms with Gasteiger partial charge in [0.05, 0.1) is 6.61 Å². The summed E-state index contributed by atoms with van der Waals surface area (Å²) < 4.78 is 12.2. The van der Waals surface area contributed by atoms with E-state index < -0.39 is 0 Å². The number of anilines is 1. The van der Waals surface area contributed by atoms with E-state index in [1.54, 1.807) is 12.4 Å². The first-order valence-electron chi connectivity index (χ1n) is 8.21. The first-order valence-corrected chi connectivity index (χ1v) is 8.21. The largest absolute Gasteiger partial charge is 0.365 e. The van der Waals surface area contributed by atoms with Crippen molar-refractivity contribution in [2.75, 3.05) is 18.5 Å². The van der Waals surface area contributed by atoms with Crippen molar-refractivity contribution in [3.63, 3.8) is 0 Å². The van der Waals surface area contributed by atoms with E-state index >= 15 is 0 Å². The lowest BCUT2D eigenvalue weighted by molar-refractivity contribution is -0.190. The summed E-state index contributed by atoms with van der Waals surface area (Å²) in [6.07, 6.45) is 9.13. The molecular weight excluding hydrogens is 294 g/mol. The number of ether oxygens (including phenoxy) is 2. The summed E-state index contributed by atoms with van der Waals surface area (Å²) in [4.78, 5) is 16.9. The molecular formula is C16H21N5O2. The molecule has 1 aliphatic heterocycles. The lowest BCUT2D eigenvalue weighted by Gasteiger charge is -2.34. The molecule has 1 atom stereocenters. The highest BCUT2D eigenvalue weighted by molar-refractivity contribution is 5.81. The quantitative estimate of drug-likeness (QED) is 0.929. The third kappa shape index (κ3) is 2.98. The predicted molar refractivity (Wildman–Crippen MR) is 84.8 cm³/mol. The summed E-state index contributed by atoms with van der Waals surface area (Å²) in [5, 5.41) is 3.30. The summed E-state index contributed by atoms with van der Waals surface area (Å²) in [5.41, 5.74) is 1.27. The Morgan fingerprint density at radius 1 is 1.17 bits per heavy atom. The van der Waals surface area contributed by atoms with Crippen molar-refractivity contribution in [2.45, 2.75) is 44.5 Å². The molecule has 4 rings (SSSR count). The maximum Gasteiger partial charge on any atom is 0.183 e. The maximum atomic E-state index is 6.21. The van der Waals surface area contributed by atoms with E-state index in [4.69, 9.17) is 9.47 Å². The van der Waals surface area contributed by atoms with Crippen LogP contribution in [-0.4, -0.2) is 45.0 Å². The molecule has 1 saturated carbocycles. The van der Waals surface area contributed by atoms with Crippen molar-refractivity contribution in [1.82, 2.24) is 19.9 Å². The number of fused-ring (bicyclic) bond motifs is 1. The third-order valence-electron chi connectivity index (χ3n) is 4.72. The molecule has 122 valence electrons. The first-order chi connectivity index (χ1) is 11.2. The fraction of sp³-hybridized carbons (Fsp3) is 0.625. The lowest BCUT2D eigenvalue weighted by atomic mass is 9.86. The van der Waals surface area contributed by atoms with Crippen LogP contribution in [0.3, 0.4) is 0 Å². The molecule has 7 heteroatoms. The smallest absolute Gasteiger partial charge is 0.183 e. The standard InChI is InChI=1S/C16H21N5O2/c1-11-2-4-16(5-3-11)22-9-12(23-16)8-19-15-13-14(20-10-21-15)18-7-6-17-13/h6-7,10-12H,2-5,8-9H2,1H3,(H,18,19,20,21)/t11?,12-,16?/m0/s1. The molecule has 0 unspecified atom stereocenters. The summed E-state index contributed by atoms with van der Waals surface area (Å²) >= 11 is 0. The highest BCUT2D eigenvalue weighted by Gasteiger charge is 2.43. The van der Waals surface area contributed by atoms with Crippen LogP contribution in [0.5, 0.6) is 0 Å². The van der Waals surface area contributed by atoms with E-state index in [1.165, 1.54) is 19.2 Å². The summed E-state index contributed by atoms with van der Waals surface area (Å²) in [5.74, 6) is 1.10. The predicted octanol–water partition coefficient (Wildman–Crippen LogP) is 2.15. The first kappa shape index (κ1) is 14.7. The number of aromatic nitrogens is 4. The highest BCUT2D eigenvalue weighted by Crippen LogP contribution is 2.39. The summed E-state index contributed by atoms with van der Waals surface area (Å²) in [6, 6.07) is 0. The Kier molecular flexibility index (Phi) is 3.82. The Morgan fingerprint density at radius 2 is 2.00 bits per heavy atom. The van der Waals surface area contributed by atoms with Gasteiger partial charge in [-0.2, -0.15) is 0 Å². The van der Waals surface area contributed by atoms with Gasteiger partial charge in [-0.05, 0) is 18.8 Å². The van der Waals surface area contributed by atoms with Crippen molar-refractivity contribution < 1.29 is 9.47 Å². The van der Waals surface area contributed by atoms with Gasteiger partial charge < -0.3 is 14.8 Å². The topological polar surface area (TPSA) is 82.0 Å². The number of hydrogen-bond acceptors (Lipinski definition) is 7. The number of nitrogens with zero attached hydrogens (tertiary/aromatic N) is 4. The zero-order valence-corrected chi connectivity index (χ0v) is 13.2. The number of nitrogens with one attached hydrogen (secondary N) is 1. The van der Waals surface area contributed by atoms with Gasteiger partial charge in [-0.25, -0.2) is 19.9 Å². The molecule has 2 fully saturated rings. The van der Waals surface area contributed by atoms with E-state index in [0.29, 0.717) is 30.1 Å². The van der Waals surface area contributed by atoms with Crippen LogP contribution in [0.4, 0.5) is 5.82 Å². The van der Waals surface area contributed by atoms with Crippen LogP contribution in [0, 0.1) is 5.92 Å². The average molecular weight is 315 g/mol. The molecule has 1 saturated heterocycles. The van der Waals surface area contributed by atoms with Crippen LogP contribution in [0.2, 0.25) is 0 Å². The van der Waals surface area contributed by atoms with Crippen molar-refractivity contribution in [1.29, 1.82) is 0 Å². The van der Waals surface area contributed by atoms with Crippen LogP contribution < -0.4 is 5.32 Å². The Bertz CT molecular complexity index is 682. The van der Waals surface area contributed by atoms with Gasteiger partial charge in [0, 0.05) is 31.8 Å². The Labute approximate surface area is 134 Å². The Morgan fingerprint density at radius 3 is 2.87 bits per heavy atom. The van der Waals surface area contributed by atoms with Crippen molar-refractivity contribution >= 4 is 17.0 Å². The molecule has 1 aliphatic carbocycles. The molecule has 2 aliphatic rings. The van der Waals surface area contributed by atoms with Gasteiger partial charge in [-0.15, -0.1) is 0 Å². The zero-order chi connectivity index (χ0) is 15.7. The van der Waals surface area contributed by atoms with E-state index in [1.807, 2.05) is 0 Å². The SMILES string of the molecule is CC1CCC2(CC1)OC[C@H](CNc1ncnc3nccnc13)O2. The van der Waals surface area contributed by atoms with Crippen molar-refractivity contribution in [2.24, 2.45) is 5.92 Å². The summed E-state index contributed by atoms with van der Waals surface area (Å²) in [6.45, 7) is 3.55. The maximum absolute atomic E-state index is 6.21. The van der Waals surface area contributed by atoms with Gasteiger partial charge in [0.25, 0.3) is 0 Å². The minimum Gasteiger partial charge on any atom is -0.365 e. The zero-order valence-electron chi connectivity index (χ0n) is 13.2. The molecule has 7 nitrogen and oxygen atoms in total. The minimum atomic E-state index is -0.355. The molecule has 2 aromatic heterocycles. The average Bonchev–Trinajstić information content (AvgIpc) is 2.99. The molecule has 0 radical (unpaired) electrons. The normalized spacial score (nSPS) is 30.8. The van der Waals surface area contributed by atoms with Gasteiger partial charge in [0.15, 0.2) is 17.3 Å². The van der Waals surface area contributed by atoms with Gasteiger partial charge in [-0.3, -0.25) is 0 Å². The monoisotopic (exact) mass is 315 g/mol. The van der Waals surface area contributed by atoms with Crippen molar-refractivity contribution in [3.8, 4) is 0 Å². The van der Waals surface area contributed by atoms with Crippen LogP contribution in [0.1, 0.15) is 32.6 Å².